The van der Waals surface area contributed by atoms with Crippen molar-refractivity contribution in [3.05, 3.63) is 0 Å². The van der Waals surface area contributed by atoms with Gasteiger partial charge in [-0.1, -0.05) is 48.0 Å². The van der Waals surface area contributed by atoms with E-state index in [2.05, 4.69) is 41.5 Å². The van der Waals surface area contributed by atoms with Crippen molar-refractivity contribution in [3.63, 3.8) is 0 Å². The molecule has 0 N–H and O–H groups in total. The van der Waals surface area contributed by atoms with Gasteiger partial charge in [0.1, 0.15) is 0 Å². The molecule has 0 amide bonds. The summed E-state index contributed by atoms with van der Waals surface area (Å²) in [6, 6.07) is 0. The lowest BCUT2D eigenvalue weighted by atomic mass is 9.37. The van der Waals surface area contributed by atoms with Crippen molar-refractivity contribution < 1.29 is 4.65 Å². The van der Waals surface area contributed by atoms with E-state index in [9.17, 15) is 0 Å². The second kappa shape index (κ2) is 5.04. The largest absolute Gasteiger partial charge is 0.438 e. The average molecular weight is 184 g/mol. The zero-order valence-corrected chi connectivity index (χ0v) is 10.3. The van der Waals surface area contributed by atoms with E-state index in [1.807, 2.05) is 7.11 Å². The summed E-state index contributed by atoms with van der Waals surface area (Å²) >= 11 is 0. The van der Waals surface area contributed by atoms with Crippen LogP contribution in [0.15, 0.2) is 0 Å². The van der Waals surface area contributed by atoms with Gasteiger partial charge in [-0.2, -0.15) is 0 Å². The second-order valence-corrected chi connectivity index (χ2v) is 5.02. The van der Waals surface area contributed by atoms with Gasteiger partial charge in [0.25, 0.3) is 0 Å². The quantitative estimate of drug-likeness (QED) is 0.589. The first-order chi connectivity index (χ1) is 5.87. The molecule has 2 heteroatoms. The minimum Gasteiger partial charge on any atom is -0.438 e. The molecule has 0 unspecified atom stereocenters. The van der Waals surface area contributed by atoms with Crippen LogP contribution >= 0.6 is 0 Å². The fraction of sp³-hybridized carbons (Fsp3) is 1.00. The molecule has 0 rings (SSSR count). The summed E-state index contributed by atoms with van der Waals surface area (Å²) in [5, 5.41) is 0.268. The van der Waals surface area contributed by atoms with Crippen LogP contribution in [0.3, 0.4) is 0 Å². The molecule has 0 heterocycles. The molecular weight excluding hydrogens is 159 g/mol. The van der Waals surface area contributed by atoms with E-state index in [1.165, 1.54) is 6.42 Å². The highest BCUT2D eigenvalue weighted by atomic mass is 16.4. The van der Waals surface area contributed by atoms with Gasteiger partial charge in [0.05, 0.1) is 0 Å². The molecule has 0 fully saturated rings. The van der Waals surface area contributed by atoms with Gasteiger partial charge >= 0.3 is 6.92 Å². The monoisotopic (exact) mass is 184 g/mol. The molecule has 13 heavy (non-hydrogen) atoms. The second-order valence-electron chi connectivity index (χ2n) is 5.02. The van der Waals surface area contributed by atoms with E-state index in [1.54, 1.807) is 0 Å². The summed E-state index contributed by atoms with van der Waals surface area (Å²) in [6.07, 6.45) is 1.19. The predicted octanol–water partition coefficient (Wildman–Crippen LogP) is 3.86. The normalized spacial score (nSPS) is 14.8. The molecule has 78 valence electrons. The Bertz CT molecular complexity index is 143. The molecule has 1 nitrogen and oxygen atoms in total. The van der Waals surface area contributed by atoms with Gasteiger partial charge in [0.2, 0.25) is 0 Å². The molecule has 0 aliphatic heterocycles. The number of hydrogen-bond donors (Lipinski definition) is 0. The van der Waals surface area contributed by atoms with Crippen molar-refractivity contribution in [3.8, 4) is 0 Å². The number of hydrogen-bond acceptors (Lipinski definition) is 1. The highest BCUT2D eigenvalue weighted by molar-refractivity contribution is 6.57. The third-order valence-electron chi connectivity index (χ3n) is 3.64. The van der Waals surface area contributed by atoms with Crippen LogP contribution in [-0.4, -0.2) is 14.0 Å². The van der Waals surface area contributed by atoms with E-state index in [-0.39, 0.29) is 5.31 Å². The van der Waals surface area contributed by atoms with Gasteiger partial charge in [-0.05, 0) is 17.0 Å². The Kier molecular flexibility index (Phi) is 5.05. The summed E-state index contributed by atoms with van der Waals surface area (Å²) in [7, 11) is 1.83. The van der Waals surface area contributed by atoms with Crippen molar-refractivity contribution in [2.75, 3.05) is 7.11 Å². The highest BCUT2D eigenvalue weighted by Crippen LogP contribution is 2.42. The number of rotatable bonds is 5. The first-order valence-corrected chi connectivity index (χ1v) is 5.40. The highest BCUT2D eigenvalue weighted by Gasteiger charge is 2.39. The van der Waals surface area contributed by atoms with E-state index in [4.69, 9.17) is 4.65 Å². The van der Waals surface area contributed by atoms with Crippen LogP contribution < -0.4 is 0 Å². The summed E-state index contributed by atoms with van der Waals surface area (Å²) < 4.78 is 5.63. The molecule has 1 atom stereocenters. The first kappa shape index (κ1) is 13.0. The molecule has 0 aromatic carbocycles. The molecule has 0 aliphatic rings. The average Bonchev–Trinajstić information content (AvgIpc) is 2.04. The topological polar surface area (TPSA) is 9.23 Å². The molecule has 0 spiro atoms. The van der Waals surface area contributed by atoms with Crippen LogP contribution in [0.4, 0.5) is 0 Å². The summed E-state index contributed by atoms with van der Waals surface area (Å²) in [4.78, 5) is 0. The lowest BCUT2D eigenvalue weighted by molar-refractivity contribution is 0.334. The zero-order chi connectivity index (χ0) is 10.6. The van der Waals surface area contributed by atoms with Crippen LogP contribution in [0.25, 0.3) is 0 Å². The zero-order valence-electron chi connectivity index (χ0n) is 10.3. The molecule has 0 bridgehead atoms. The minimum atomic E-state index is 0.268. The molecule has 0 saturated carbocycles. The van der Waals surface area contributed by atoms with Gasteiger partial charge in [-0.15, -0.1) is 0 Å². The van der Waals surface area contributed by atoms with E-state index in [0.29, 0.717) is 18.7 Å². The van der Waals surface area contributed by atoms with Gasteiger partial charge in [-0.25, -0.2) is 0 Å². The van der Waals surface area contributed by atoms with Crippen molar-refractivity contribution >= 4 is 6.92 Å². The van der Waals surface area contributed by atoms with E-state index < -0.39 is 0 Å². The fourth-order valence-corrected chi connectivity index (χ4v) is 1.81. The maximum Gasteiger partial charge on any atom is 0.301 e. The molecule has 0 aliphatic carbocycles. The van der Waals surface area contributed by atoms with Crippen molar-refractivity contribution in [2.45, 2.75) is 59.1 Å². The van der Waals surface area contributed by atoms with E-state index >= 15 is 0 Å². The molecule has 0 radical (unpaired) electrons. The Labute approximate surface area is 84.4 Å². The predicted molar refractivity (Wildman–Crippen MR) is 61.4 cm³/mol. The van der Waals surface area contributed by atoms with Gasteiger partial charge < -0.3 is 4.65 Å². The summed E-state index contributed by atoms with van der Waals surface area (Å²) in [5.74, 6) is 1.30. The fourth-order valence-electron chi connectivity index (χ4n) is 1.81. The maximum absolute atomic E-state index is 5.63. The molecule has 0 aromatic heterocycles. The Morgan fingerprint density at radius 1 is 1.23 bits per heavy atom. The third kappa shape index (κ3) is 3.01. The van der Waals surface area contributed by atoms with Crippen LogP contribution in [-0.2, 0) is 4.65 Å². The lowest BCUT2D eigenvalue weighted by Gasteiger charge is -2.37. The smallest absolute Gasteiger partial charge is 0.301 e. The van der Waals surface area contributed by atoms with Crippen LogP contribution in [0.2, 0.25) is 11.1 Å². The van der Waals surface area contributed by atoms with Crippen molar-refractivity contribution in [1.82, 2.24) is 0 Å². The van der Waals surface area contributed by atoms with Gasteiger partial charge in [0.15, 0.2) is 0 Å². The summed E-state index contributed by atoms with van der Waals surface area (Å²) in [5.41, 5.74) is 0. The minimum absolute atomic E-state index is 0.268. The van der Waals surface area contributed by atoms with E-state index in [0.717, 1.165) is 0 Å². The van der Waals surface area contributed by atoms with Crippen LogP contribution in [0, 0.1) is 5.92 Å². The van der Waals surface area contributed by atoms with Crippen LogP contribution in [0.1, 0.15) is 48.0 Å². The van der Waals surface area contributed by atoms with Gasteiger partial charge in [0, 0.05) is 7.11 Å². The molecular formula is C11H25BO. The van der Waals surface area contributed by atoms with Crippen molar-refractivity contribution in [1.29, 1.82) is 0 Å². The van der Waals surface area contributed by atoms with Crippen molar-refractivity contribution in [2.24, 2.45) is 5.92 Å². The van der Waals surface area contributed by atoms with Crippen LogP contribution in [0.5, 0.6) is 0 Å². The summed E-state index contributed by atoms with van der Waals surface area (Å²) in [6.45, 7) is 14.0. The standard InChI is InChI=1S/C11H25BO/c1-8-10(4)12(13-7)11(5,6)9(2)3/h9-10H,8H2,1-7H3/t10-/m1/s1. The molecule has 0 saturated heterocycles. The molecule has 0 aromatic rings. The Morgan fingerprint density at radius 3 is 1.92 bits per heavy atom. The maximum atomic E-state index is 5.63. The Balaban J connectivity index is 4.55. The third-order valence-corrected chi connectivity index (χ3v) is 3.64. The Morgan fingerprint density at radius 2 is 1.69 bits per heavy atom. The van der Waals surface area contributed by atoms with Gasteiger partial charge in [-0.3, -0.25) is 0 Å². The SMILES string of the molecule is CC[C@@H](C)B(OC)C(C)(C)C(C)C. The Hall–Kier alpha value is 0.0249. The first-order valence-electron chi connectivity index (χ1n) is 5.40. The lowest BCUT2D eigenvalue weighted by Crippen LogP contribution is -2.37.